The van der Waals surface area contributed by atoms with Gasteiger partial charge in [0.1, 0.15) is 0 Å². The minimum absolute atomic E-state index is 0.152. The Labute approximate surface area is 127 Å². The van der Waals surface area contributed by atoms with Crippen molar-refractivity contribution < 1.29 is 9.47 Å². The molecule has 0 spiro atoms. The van der Waals surface area contributed by atoms with Gasteiger partial charge in [-0.15, -0.1) is 0 Å². The summed E-state index contributed by atoms with van der Waals surface area (Å²) in [5.74, 6) is 2.80. The highest BCUT2D eigenvalue weighted by Crippen LogP contribution is 2.28. The average Bonchev–Trinajstić information content (AvgIpc) is 2.43. The minimum Gasteiger partial charge on any atom is -0.493 e. The Morgan fingerprint density at radius 3 is 2.55 bits per heavy atom. The fourth-order valence-electron chi connectivity index (χ4n) is 1.86. The van der Waals surface area contributed by atoms with Crippen molar-refractivity contribution in [3.05, 3.63) is 23.8 Å². The van der Waals surface area contributed by atoms with Gasteiger partial charge in [-0.05, 0) is 56.9 Å². The predicted octanol–water partition coefficient (Wildman–Crippen LogP) is 3.71. The quantitative estimate of drug-likeness (QED) is 0.752. The molecule has 0 fully saturated rings. The van der Waals surface area contributed by atoms with Gasteiger partial charge < -0.3 is 14.8 Å². The van der Waals surface area contributed by atoms with Crippen molar-refractivity contribution in [1.82, 2.24) is 5.32 Å². The molecule has 114 valence electrons. The molecular weight excluding hydrogens is 270 g/mol. The van der Waals surface area contributed by atoms with Crippen molar-refractivity contribution >= 4 is 11.8 Å². The van der Waals surface area contributed by atoms with E-state index < -0.39 is 0 Å². The molecule has 0 aliphatic heterocycles. The first-order chi connectivity index (χ1) is 9.56. The Balaban J connectivity index is 2.59. The number of benzene rings is 1. The van der Waals surface area contributed by atoms with Crippen LogP contribution in [0, 0.1) is 0 Å². The van der Waals surface area contributed by atoms with E-state index in [2.05, 4.69) is 24.6 Å². The molecule has 1 rings (SSSR count). The highest BCUT2D eigenvalue weighted by Gasteiger charge is 2.08. The van der Waals surface area contributed by atoms with Gasteiger partial charge >= 0.3 is 0 Å². The topological polar surface area (TPSA) is 30.5 Å². The Hall–Kier alpha value is -0.870. The molecule has 0 saturated heterocycles. The molecule has 1 atom stereocenters. The fourth-order valence-corrected chi connectivity index (χ4v) is 2.45. The standard InChI is InChI=1S/C16H27NO2S/c1-12(2)19-15-7-6-14(10-16(15)18-4)11-17-13(3)8-9-20-5/h6-7,10,12-13,17H,8-9,11H2,1-5H3. The van der Waals surface area contributed by atoms with Crippen LogP contribution in [0.15, 0.2) is 18.2 Å². The van der Waals surface area contributed by atoms with Gasteiger partial charge in [0.05, 0.1) is 13.2 Å². The zero-order valence-corrected chi connectivity index (χ0v) is 14.0. The first-order valence-electron chi connectivity index (χ1n) is 7.12. The Bertz CT molecular complexity index is 396. The summed E-state index contributed by atoms with van der Waals surface area (Å²) in [6.07, 6.45) is 3.48. The summed E-state index contributed by atoms with van der Waals surface area (Å²) in [4.78, 5) is 0. The lowest BCUT2D eigenvalue weighted by molar-refractivity contribution is 0.230. The van der Waals surface area contributed by atoms with Gasteiger partial charge in [-0.3, -0.25) is 0 Å². The van der Waals surface area contributed by atoms with E-state index in [1.54, 1.807) is 7.11 Å². The summed E-state index contributed by atoms with van der Waals surface area (Å²) in [5.41, 5.74) is 1.22. The van der Waals surface area contributed by atoms with E-state index in [-0.39, 0.29) is 6.10 Å². The molecule has 20 heavy (non-hydrogen) atoms. The zero-order valence-electron chi connectivity index (χ0n) is 13.2. The van der Waals surface area contributed by atoms with Crippen LogP contribution in [0.1, 0.15) is 32.8 Å². The summed E-state index contributed by atoms with van der Waals surface area (Å²) < 4.78 is 11.1. The third-order valence-corrected chi connectivity index (χ3v) is 3.64. The molecule has 0 aliphatic carbocycles. The second-order valence-electron chi connectivity index (χ2n) is 5.22. The average molecular weight is 297 g/mol. The van der Waals surface area contributed by atoms with Gasteiger partial charge in [0.15, 0.2) is 11.5 Å². The Kier molecular flexibility index (Phi) is 7.85. The largest absolute Gasteiger partial charge is 0.493 e. The molecule has 0 radical (unpaired) electrons. The SMILES string of the molecule is COc1cc(CNC(C)CCSC)ccc1OC(C)C. The molecular formula is C16H27NO2S. The summed E-state index contributed by atoms with van der Waals surface area (Å²) >= 11 is 1.89. The van der Waals surface area contributed by atoms with Crippen LogP contribution in [0.3, 0.4) is 0 Å². The lowest BCUT2D eigenvalue weighted by Crippen LogP contribution is -2.26. The van der Waals surface area contributed by atoms with Crippen LogP contribution in [-0.4, -0.2) is 31.3 Å². The summed E-state index contributed by atoms with van der Waals surface area (Å²) in [6, 6.07) is 6.66. The molecule has 0 bridgehead atoms. The summed E-state index contributed by atoms with van der Waals surface area (Å²) in [6.45, 7) is 7.11. The first-order valence-corrected chi connectivity index (χ1v) is 8.52. The van der Waals surface area contributed by atoms with E-state index in [0.717, 1.165) is 18.0 Å². The molecule has 1 aromatic rings. The zero-order chi connectivity index (χ0) is 15.0. The Morgan fingerprint density at radius 1 is 1.20 bits per heavy atom. The third-order valence-electron chi connectivity index (χ3n) is 3.00. The third kappa shape index (κ3) is 6.06. The van der Waals surface area contributed by atoms with Crippen LogP contribution in [0.4, 0.5) is 0 Å². The first kappa shape index (κ1) is 17.2. The van der Waals surface area contributed by atoms with E-state index in [4.69, 9.17) is 9.47 Å². The molecule has 1 N–H and O–H groups in total. The number of nitrogens with one attached hydrogen (secondary N) is 1. The van der Waals surface area contributed by atoms with Gasteiger partial charge in [0.25, 0.3) is 0 Å². The molecule has 4 heteroatoms. The van der Waals surface area contributed by atoms with E-state index in [0.29, 0.717) is 6.04 Å². The van der Waals surface area contributed by atoms with Gasteiger partial charge in [-0.25, -0.2) is 0 Å². The lowest BCUT2D eigenvalue weighted by atomic mass is 10.1. The normalized spacial score (nSPS) is 12.5. The molecule has 0 aliphatic rings. The van der Waals surface area contributed by atoms with Crippen molar-refractivity contribution in [2.45, 2.75) is 45.9 Å². The van der Waals surface area contributed by atoms with E-state index in [1.807, 2.05) is 37.7 Å². The smallest absolute Gasteiger partial charge is 0.161 e. The lowest BCUT2D eigenvalue weighted by Gasteiger charge is -2.16. The second-order valence-corrected chi connectivity index (χ2v) is 6.20. The molecule has 0 aromatic heterocycles. The van der Waals surface area contributed by atoms with Crippen LogP contribution in [0.5, 0.6) is 11.5 Å². The highest BCUT2D eigenvalue weighted by molar-refractivity contribution is 7.98. The van der Waals surface area contributed by atoms with Crippen molar-refractivity contribution in [2.24, 2.45) is 0 Å². The predicted molar refractivity (Wildman–Crippen MR) is 88.1 cm³/mol. The van der Waals surface area contributed by atoms with E-state index >= 15 is 0 Å². The summed E-state index contributed by atoms with van der Waals surface area (Å²) in [5, 5.41) is 3.54. The van der Waals surface area contributed by atoms with Gasteiger partial charge in [0, 0.05) is 12.6 Å². The van der Waals surface area contributed by atoms with Crippen molar-refractivity contribution in [2.75, 3.05) is 19.1 Å². The van der Waals surface area contributed by atoms with Crippen LogP contribution < -0.4 is 14.8 Å². The number of methoxy groups -OCH3 is 1. The van der Waals surface area contributed by atoms with Crippen molar-refractivity contribution in [1.29, 1.82) is 0 Å². The summed E-state index contributed by atoms with van der Waals surface area (Å²) in [7, 11) is 1.68. The van der Waals surface area contributed by atoms with Crippen molar-refractivity contribution in [3.8, 4) is 11.5 Å². The maximum Gasteiger partial charge on any atom is 0.161 e. The van der Waals surface area contributed by atoms with E-state index in [9.17, 15) is 0 Å². The molecule has 0 saturated carbocycles. The molecule has 0 heterocycles. The van der Waals surface area contributed by atoms with E-state index in [1.165, 1.54) is 17.7 Å². The minimum atomic E-state index is 0.152. The van der Waals surface area contributed by atoms with Crippen LogP contribution in [0.25, 0.3) is 0 Å². The molecule has 1 unspecified atom stereocenters. The molecule has 3 nitrogen and oxygen atoms in total. The van der Waals surface area contributed by atoms with Crippen LogP contribution >= 0.6 is 11.8 Å². The van der Waals surface area contributed by atoms with Gasteiger partial charge in [-0.2, -0.15) is 11.8 Å². The number of rotatable bonds is 9. The van der Waals surface area contributed by atoms with Crippen LogP contribution in [-0.2, 0) is 6.54 Å². The van der Waals surface area contributed by atoms with Gasteiger partial charge in [0.2, 0.25) is 0 Å². The van der Waals surface area contributed by atoms with Gasteiger partial charge in [-0.1, -0.05) is 6.07 Å². The number of thioether (sulfide) groups is 1. The number of hydrogen-bond donors (Lipinski definition) is 1. The maximum atomic E-state index is 5.72. The highest BCUT2D eigenvalue weighted by atomic mass is 32.2. The monoisotopic (exact) mass is 297 g/mol. The number of hydrogen-bond acceptors (Lipinski definition) is 4. The van der Waals surface area contributed by atoms with Crippen molar-refractivity contribution in [3.63, 3.8) is 0 Å². The second kappa shape index (κ2) is 9.14. The molecule has 1 aromatic carbocycles. The fraction of sp³-hybridized carbons (Fsp3) is 0.625. The molecule has 0 amide bonds. The number of ether oxygens (including phenoxy) is 2. The maximum absolute atomic E-state index is 5.72. The van der Waals surface area contributed by atoms with Crippen LogP contribution in [0.2, 0.25) is 0 Å². The Morgan fingerprint density at radius 2 is 1.95 bits per heavy atom.